The second kappa shape index (κ2) is 13.9. The van der Waals surface area contributed by atoms with Crippen LogP contribution in [0.15, 0.2) is 182 Å². The van der Waals surface area contributed by atoms with Crippen LogP contribution in [0.4, 0.5) is 0 Å². The summed E-state index contributed by atoms with van der Waals surface area (Å²) in [6, 6.07) is 57.0. The van der Waals surface area contributed by atoms with Gasteiger partial charge < -0.3 is 9.47 Å². The Labute approximate surface area is 279 Å². The Morgan fingerprint density at radius 2 is 0.500 bits per heavy atom. The first-order valence-corrected chi connectivity index (χ1v) is 15.7. The van der Waals surface area contributed by atoms with E-state index in [1.54, 1.807) is 72.8 Å². The summed E-state index contributed by atoms with van der Waals surface area (Å²) in [6.45, 7) is 0. The fraction of sp³-hybridized carbons (Fsp3) is 0. The van der Waals surface area contributed by atoms with Gasteiger partial charge in [-0.2, -0.15) is 0 Å². The van der Waals surface area contributed by atoms with E-state index in [2.05, 4.69) is 24.3 Å². The van der Waals surface area contributed by atoms with Crippen molar-refractivity contribution in [3.63, 3.8) is 0 Å². The number of ketones is 2. The summed E-state index contributed by atoms with van der Waals surface area (Å²) in [6.07, 6.45) is 0. The second-order valence-electron chi connectivity index (χ2n) is 11.3. The summed E-state index contributed by atoms with van der Waals surface area (Å²) in [5, 5.41) is 0. The maximum Gasteiger partial charge on any atom is 0.193 e. The molecular formula is C44H30O4. The van der Waals surface area contributed by atoms with E-state index in [4.69, 9.17) is 9.47 Å². The third kappa shape index (κ3) is 6.99. The Hall–Kier alpha value is -6.52. The van der Waals surface area contributed by atoms with E-state index in [-0.39, 0.29) is 11.6 Å². The lowest BCUT2D eigenvalue weighted by molar-refractivity contribution is 0.102. The van der Waals surface area contributed by atoms with Gasteiger partial charge in [0.1, 0.15) is 23.0 Å². The van der Waals surface area contributed by atoms with Gasteiger partial charge >= 0.3 is 0 Å². The molecule has 0 aliphatic heterocycles. The maximum absolute atomic E-state index is 13.2. The average molecular weight is 623 g/mol. The smallest absolute Gasteiger partial charge is 0.193 e. The highest BCUT2D eigenvalue weighted by Gasteiger charge is 2.13. The molecule has 0 aliphatic carbocycles. The van der Waals surface area contributed by atoms with Crippen molar-refractivity contribution in [2.45, 2.75) is 0 Å². The topological polar surface area (TPSA) is 52.6 Å². The Bertz CT molecular complexity index is 1980. The van der Waals surface area contributed by atoms with Crippen molar-refractivity contribution in [3.05, 3.63) is 204 Å². The number of carbonyl (C=O) groups excluding carboxylic acids is 2. The van der Waals surface area contributed by atoms with Gasteiger partial charge in [-0.3, -0.25) is 9.59 Å². The summed E-state index contributed by atoms with van der Waals surface area (Å²) < 4.78 is 12.0. The van der Waals surface area contributed by atoms with Gasteiger partial charge in [-0.05, 0) is 95.1 Å². The molecule has 0 aromatic heterocycles. The minimum absolute atomic E-state index is 0.133. The highest BCUT2D eigenvalue weighted by Crippen LogP contribution is 2.28. The first-order chi connectivity index (χ1) is 23.6. The zero-order valence-corrected chi connectivity index (χ0v) is 26.0. The van der Waals surface area contributed by atoms with Crippen molar-refractivity contribution < 1.29 is 19.1 Å². The lowest BCUT2D eigenvalue weighted by Crippen LogP contribution is -2.04. The summed E-state index contributed by atoms with van der Waals surface area (Å²) in [7, 11) is 0. The van der Waals surface area contributed by atoms with Crippen LogP contribution in [0, 0.1) is 0 Å². The molecule has 0 saturated carbocycles. The van der Waals surface area contributed by atoms with E-state index in [0.717, 1.165) is 22.3 Å². The fourth-order valence-corrected chi connectivity index (χ4v) is 5.42. The average Bonchev–Trinajstić information content (AvgIpc) is 3.16. The molecule has 0 radical (unpaired) electrons. The van der Waals surface area contributed by atoms with Crippen LogP contribution in [0.2, 0.25) is 0 Å². The van der Waals surface area contributed by atoms with Gasteiger partial charge in [-0.25, -0.2) is 0 Å². The summed E-state index contributed by atoms with van der Waals surface area (Å²) in [4.78, 5) is 26.4. The van der Waals surface area contributed by atoms with E-state index in [1.165, 1.54) is 0 Å². The Balaban J connectivity index is 0.948. The molecule has 4 heteroatoms. The van der Waals surface area contributed by atoms with Crippen LogP contribution in [0.25, 0.3) is 22.3 Å². The van der Waals surface area contributed by atoms with Crippen LogP contribution in [-0.2, 0) is 0 Å². The van der Waals surface area contributed by atoms with Crippen LogP contribution in [0.5, 0.6) is 23.0 Å². The molecule has 0 fully saturated rings. The molecule has 0 N–H and O–H groups in total. The predicted molar refractivity (Wildman–Crippen MR) is 190 cm³/mol. The summed E-state index contributed by atoms with van der Waals surface area (Å²) in [5.74, 6) is 2.43. The third-order valence-electron chi connectivity index (χ3n) is 8.04. The number of ether oxygens (including phenoxy) is 2. The first-order valence-electron chi connectivity index (χ1n) is 15.7. The number of carbonyl (C=O) groups is 2. The lowest BCUT2D eigenvalue weighted by atomic mass is 9.98. The normalized spacial score (nSPS) is 10.7. The van der Waals surface area contributed by atoms with Crippen LogP contribution in [-0.4, -0.2) is 11.6 Å². The van der Waals surface area contributed by atoms with Gasteiger partial charge in [0.15, 0.2) is 11.6 Å². The molecule has 0 atom stereocenters. The lowest BCUT2D eigenvalue weighted by Gasteiger charge is -2.09. The van der Waals surface area contributed by atoms with E-state index in [0.29, 0.717) is 45.3 Å². The molecule has 0 saturated heterocycles. The van der Waals surface area contributed by atoms with E-state index in [9.17, 15) is 9.59 Å². The fourth-order valence-electron chi connectivity index (χ4n) is 5.42. The van der Waals surface area contributed by atoms with Gasteiger partial charge in [0.25, 0.3) is 0 Å². The summed E-state index contributed by atoms with van der Waals surface area (Å²) >= 11 is 0. The van der Waals surface area contributed by atoms with E-state index >= 15 is 0 Å². The van der Waals surface area contributed by atoms with Crippen LogP contribution in [0.1, 0.15) is 31.8 Å². The molecule has 230 valence electrons. The molecule has 0 aliphatic rings. The molecule has 7 aromatic rings. The monoisotopic (exact) mass is 622 g/mol. The van der Waals surface area contributed by atoms with E-state index in [1.807, 2.05) is 84.9 Å². The molecule has 0 heterocycles. The molecule has 0 unspecified atom stereocenters. The molecule has 0 bridgehead atoms. The minimum atomic E-state index is -0.133. The van der Waals surface area contributed by atoms with Crippen molar-refractivity contribution >= 4 is 11.6 Å². The first kappa shape index (κ1) is 30.2. The Morgan fingerprint density at radius 1 is 0.271 bits per heavy atom. The van der Waals surface area contributed by atoms with Crippen molar-refractivity contribution in [1.82, 2.24) is 0 Å². The van der Waals surface area contributed by atoms with Crippen LogP contribution < -0.4 is 9.47 Å². The quantitative estimate of drug-likeness (QED) is 0.142. The van der Waals surface area contributed by atoms with Gasteiger partial charge in [-0.15, -0.1) is 0 Å². The van der Waals surface area contributed by atoms with Gasteiger partial charge in [-0.1, -0.05) is 109 Å². The molecule has 7 rings (SSSR count). The molecule has 7 aromatic carbocycles. The number of hydrogen-bond donors (Lipinski definition) is 0. The predicted octanol–water partition coefficient (Wildman–Crippen LogP) is 11.1. The zero-order chi connectivity index (χ0) is 32.7. The molecule has 48 heavy (non-hydrogen) atoms. The zero-order valence-electron chi connectivity index (χ0n) is 26.0. The molecule has 0 spiro atoms. The van der Waals surface area contributed by atoms with Crippen molar-refractivity contribution in [1.29, 1.82) is 0 Å². The second-order valence-corrected chi connectivity index (χ2v) is 11.3. The molecule has 0 amide bonds. The highest BCUT2D eigenvalue weighted by molar-refractivity contribution is 6.11. The van der Waals surface area contributed by atoms with Gasteiger partial charge in [0, 0.05) is 22.3 Å². The highest BCUT2D eigenvalue weighted by atomic mass is 16.5. The SMILES string of the molecule is O=C(c1ccc(Oc2ccc(-c3ccccc3)cc2)cc1)c1ccc(C(=O)c2ccc(Oc3ccc(-c4ccccc4)cc3)cc2)cc1. The molecule has 4 nitrogen and oxygen atoms in total. The van der Waals surface area contributed by atoms with Crippen LogP contribution >= 0.6 is 0 Å². The molecular weight excluding hydrogens is 592 g/mol. The maximum atomic E-state index is 13.2. The number of rotatable bonds is 10. The summed E-state index contributed by atoms with van der Waals surface area (Å²) in [5.41, 5.74) is 6.58. The van der Waals surface area contributed by atoms with Crippen molar-refractivity contribution in [2.75, 3.05) is 0 Å². The Kier molecular flexibility index (Phi) is 8.70. The third-order valence-corrected chi connectivity index (χ3v) is 8.04. The number of benzene rings is 7. The Morgan fingerprint density at radius 3 is 0.792 bits per heavy atom. The van der Waals surface area contributed by atoms with Gasteiger partial charge in [0.05, 0.1) is 0 Å². The van der Waals surface area contributed by atoms with Crippen molar-refractivity contribution in [3.8, 4) is 45.3 Å². The standard InChI is InChI=1S/C44H30O4/c45-43(37-19-27-41(28-20-37)47-39-23-15-33(16-24-39)31-7-3-1-4-8-31)35-11-13-36(14-12-35)44(46)38-21-29-42(30-22-38)48-40-25-17-34(18-26-40)32-9-5-2-6-10-32/h1-30H. The van der Waals surface area contributed by atoms with E-state index < -0.39 is 0 Å². The minimum Gasteiger partial charge on any atom is -0.457 e. The largest absolute Gasteiger partial charge is 0.457 e. The van der Waals surface area contributed by atoms with Gasteiger partial charge in [0.2, 0.25) is 0 Å². The van der Waals surface area contributed by atoms with Crippen LogP contribution in [0.3, 0.4) is 0 Å². The number of hydrogen-bond acceptors (Lipinski definition) is 4. The van der Waals surface area contributed by atoms with Crippen molar-refractivity contribution in [2.24, 2.45) is 0 Å².